The summed E-state index contributed by atoms with van der Waals surface area (Å²) in [5.74, 6) is 0.181. The third-order valence-electron chi connectivity index (χ3n) is 5.34. The van der Waals surface area contributed by atoms with Gasteiger partial charge >= 0.3 is 0 Å². The molecule has 0 bridgehead atoms. The molecule has 5 N–H and O–H groups in total. The summed E-state index contributed by atoms with van der Waals surface area (Å²) in [6.07, 6.45) is 0.910. The van der Waals surface area contributed by atoms with Gasteiger partial charge in [0.25, 0.3) is 0 Å². The van der Waals surface area contributed by atoms with Crippen molar-refractivity contribution in [2.24, 2.45) is 0 Å². The molecule has 0 radical (unpaired) electrons. The number of aromatic hydroxyl groups is 1. The topological polar surface area (TPSA) is 137 Å². The summed E-state index contributed by atoms with van der Waals surface area (Å²) in [5.41, 5.74) is -0.440. The van der Waals surface area contributed by atoms with Crippen molar-refractivity contribution in [3.05, 3.63) is 18.2 Å². The predicted molar refractivity (Wildman–Crippen MR) is 130 cm³/mol. The maximum absolute atomic E-state index is 11.8. The SMILES string of the molecule is CC1(NC(=S)Nc2ccc(O)c(NC(=S)NC3(C)CCS(=O)(=O)C3)c2)CCS(=O)(=O)C1. The molecular weight excluding hydrogens is 480 g/mol. The molecule has 0 aromatic heterocycles. The van der Waals surface area contributed by atoms with E-state index in [4.69, 9.17) is 24.4 Å². The molecule has 1 aromatic carbocycles. The maximum Gasteiger partial charge on any atom is 0.171 e. The first kappa shape index (κ1) is 24.0. The second-order valence-corrected chi connectivity index (χ2v) is 13.9. The Labute approximate surface area is 193 Å². The van der Waals surface area contributed by atoms with E-state index in [9.17, 15) is 21.9 Å². The van der Waals surface area contributed by atoms with Crippen molar-refractivity contribution >= 4 is 65.7 Å². The zero-order valence-electron chi connectivity index (χ0n) is 17.2. The Morgan fingerprint density at radius 1 is 0.903 bits per heavy atom. The molecule has 2 fully saturated rings. The van der Waals surface area contributed by atoms with Gasteiger partial charge in [-0.3, -0.25) is 0 Å². The van der Waals surface area contributed by atoms with Gasteiger partial charge in [0.2, 0.25) is 0 Å². The highest BCUT2D eigenvalue weighted by Gasteiger charge is 2.39. The molecule has 2 heterocycles. The minimum absolute atomic E-state index is 0.0101. The van der Waals surface area contributed by atoms with Crippen LogP contribution in [0.3, 0.4) is 0 Å². The van der Waals surface area contributed by atoms with Crippen LogP contribution in [-0.4, -0.2) is 66.3 Å². The van der Waals surface area contributed by atoms with E-state index >= 15 is 0 Å². The minimum atomic E-state index is -3.09. The van der Waals surface area contributed by atoms with E-state index in [1.165, 1.54) is 6.07 Å². The Bertz CT molecular complexity index is 1120. The van der Waals surface area contributed by atoms with Crippen molar-refractivity contribution in [3.8, 4) is 5.75 Å². The Hall–Kier alpha value is -1.70. The second-order valence-electron chi connectivity index (χ2n) is 8.70. The lowest BCUT2D eigenvalue weighted by Crippen LogP contribution is -2.48. The minimum Gasteiger partial charge on any atom is -0.506 e. The number of thiocarbonyl (C=S) groups is 2. The van der Waals surface area contributed by atoms with Crippen molar-refractivity contribution < 1.29 is 21.9 Å². The fourth-order valence-corrected chi connectivity index (χ4v) is 8.70. The van der Waals surface area contributed by atoms with Gasteiger partial charge in [0.15, 0.2) is 29.9 Å². The zero-order valence-corrected chi connectivity index (χ0v) is 20.5. The first-order valence-corrected chi connectivity index (χ1v) is 14.1. The lowest BCUT2D eigenvalue weighted by molar-refractivity contribution is 0.471. The van der Waals surface area contributed by atoms with Gasteiger partial charge in [-0.25, -0.2) is 16.8 Å². The highest BCUT2D eigenvalue weighted by molar-refractivity contribution is 7.92. The standard InChI is InChI=1S/C18H26N4O5S4/c1-17(5-7-30(24,25)10-17)21-15(28)19-12-3-4-14(23)13(9-12)20-16(29)22-18(2)6-8-31(26,27)11-18/h3-4,9,23H,5-8,10-11H2,1-2H3,(H2,19,21,28)(H2,20,22,29). The van der Waals surface area contributed by atoms with E-state index in [1.807, 2.05) is 6.92 Å². The van der Waals surface area contributed by atoms with Crippen molar-refractivity contribution in [1.29, 1.82) is 0 Å². The van der Waals surface area contributed by atoms with E-state index in [1.54, 1.807) is 19.1 Å². The van der Waals surface area contributed by atoms with Gasteiger partial charge in [-0.1, -0.05) is 0 Å². The van der Waals surface area contributed by atoms with E-state index in [-0.39, 0.29) is 39.0 Å². The number of benzene rings is 1. The fraction of sp³-hybridized carbons (Fsp3) is 0.556. The van der Waals surface area contributed by atoms with Crippen LogP contribution in [0.4, 0.5) is 11.4 Å². The molecule has 172 valence electrons. The van der Waals surface area contributed by atoms with Crippen LogP contribution in [0.15, 0.2) is 18.2 Å². The Morgan fingerprint density at radius 2 is 1.39 bits per heavy atom. The fourth-order valence-electron chi connectivity index (χ4n) is 3.80. The lowest BCUT2D eigenvalue weighted by Gasteiger charge is -2.27. The molecule has 2 unspecified atom stereocenters. The summed E-state index contributed by atoms with van der Waals surface area (Å²) in [6.45, 7) is 3.60. The average Bonchev–Trinajstić information content (AvgIpc) is 3.03. The summed E-state index contributed by atoms with van der Waals surface area (Å²) >= 11 is 10.6. The molecule has 3 rings (SSSR count). The van der Waals surface area contributed by atoms with Crippen molar-refractivity contribution in [2.75, 3.05) is 33.6 Å². The molecule has 2 aliphatic heterocycles. The number of sulfone groups is 2. The van der Waals surface area contributed by atoms with Crippen LogP contribution in [-0.2, 0) is 19.7 Å². The molecular formula is C18H26N4O5S4. The van der Waals surface area contributed by atoms with Crippen LogP contribution in [0, 0.1) is 0 Å². The molecule has 0 aliphatic carbocycles. The van der Waals surface area contributed by atoms with E-state index in [0.29, 0.717) is 24.2 Å². The van der Waals surface area contributed by atoms with Gasteiger partial charge in [0.05, 0.1) is 39.8 Å². The van der Waals surface area contributed by atoms with Crippen LogP contribution >= 0.6 is 24.4 Å². The van der Waals surface area contributed by atoms with Crippen molar-refractivity contribution in [1.82, 2.24) is 10.6 Å². The summed E-state index contributed by atoms with van der Waals surface area (Å²) in [6, 6.07) is 4.67. The molecule has 1 aromatic rings. The number of nitrogens with one attached hydrogen (secondary N) is 4. The number of rotatable bonds is 4. The molecule has 31 heavy (non-hydrogen) atoms. The van der Waals surface area contributed by atoms with Crippen LogP contribution in [0.2, 0.25) is 0 Å². The van der Waals surface area contributed by atoms with E-state index < -0.39 is 30.8 Å². The number of hydrogen-bond acceptors (Lipinski definition) is 7. The molecule has 13 heteroatoms. The smallest absolute Gasteiger partial charge is 0.171 e. The van der Waals surface area contributed by atoms with Crippen LogP contribution < -0.4 is 21.3 Å². The molecule has 9 nitrogen and oxygen atoms in total. The third-order valence-corrected chi connectivity index (χ3v) is 9.55. The number of phenolic OH excluding ortho intramolecular Hbond substituents is 1. The normalized spacial score (nSPS) is 28.6. The molecule has 2 saturated heterocycles. The van der Waals surface area contributed by atoms with Crippen LogP contribution in [0.5, 0.6) is 5.75 Å². The van der Waals surface area contributed by atoms with Gasteiger partial charge in [-0.05, 0) is 69.3 Å². The van der Waals surface area contributed by atoms with Gasteiger partial charge in [0.1, 0.15) is 5.75 Å². The van der Waals surface area contributed by atoms with Crippen molar-refractivity contribution in [3.63, 3.8) is 0 Å². The van der Waals surface area contributed by atoms with Crippen LogP contribution in [0.1, 0.15) is 26.7 Å². The van der Waals surface area contributed by atoms with E-state index in [0.717, 1.165) is 0 Å². The van der Waals surface area contributed by atoms with E-state index in [2.05, 4.69) is 21.3 Å². The monoisotopic (exact) mass is 506 g/mol. The maximum atomic E-state index is 11.8. The van der Waals surface area contributed by atoms with Crippen LogP contribution in [0.25, 0.3) is 0 Å². The molecule has 2 aliphatic rings. The van der Waals surface area contributed by atoms with Crippen molar-refractivity contribution in [2.45, 2.75) is 37.8 Å². The molecule has 0 saturated carbocycles. The number of hydrogen-bond donors (Lipinski definition) is 5. The summed E-state index contributed by atoms with van der Waals surface area (Å²) in [7, 11) is -6.16. The Morgan fingerprint density at radius 3 is 1.84 bits per heavy atom. The molecule has 0 amide bonds. The predicted octanol–water partition coefficient (Wildman–Crippen LogP) is 1.12. The highest BCUT2D eigenvalue weighted by Crippen LogP contribution is 2.28. The second kappa shape index (κ2) is 8.34. The first-order chi connectivity index (χ1) is 14.2. The summed E-state index contributed by atoms with van der Waals surface area (Å²) < 4.78 is 47.1. The lowest BCUT2D eigenvalue weighted by atomic mass is 10.0. The van der Waals surface area contributed by atoms with Gasteiger partial charge in [0, 0.05) is 5.69 Å². The molecule has 2 atom stereocenters. The van der Waals surface area contributed by atoms with Gasteiger partial charge < -0.3 is 26.4 Å². The number of phenols is 1. The quantitative estimate of drug-likeness (QED) is 0.228. The Kier molecular flexibility index (Phi) is 6.44. The highest BCUT2D eigenvalue weighted by atomic mass is 32.2. The third kappa shape index (κ3) is 6.40. The summed E-state index contributed by atoms with van der Waals surface area (Å²) in [4.78, 5) is 0. The number of anilines is 2. The van der Waals surface area contributed by atoms with Gasteiger partial charge in [-0.2, -0.15) is 0 Å². The molecule has 0 spiro atoms. The summed E-state index contributed by atoms with van der Waals surface area (Å²) in [5, 5.41) is 22.6. The zero-order chi connectivity index (χ0) is 23.1. The van der Waals surface area contributed by atoms with Gasteiger partial charge in [-0.15, -0.1) is 0 Å². The Balaban J connectivity index is 1.62. The largest absolute Gasteiger partial charge is 0.506 e. The average molecular weight is 507 g/mol. The first-order valence-electron chi connectivity index (χ1n) is 9.61.